The monoisotopic (exact) mass is 302 g/mol. The number of carbonyl (C=O) groups excluding carboxylic acids is 1. The largest absolute Gasteiger partial charge is 0.373 e. The van der Waals surface area contributed by atoms with Crippen molar-refractivity contribution < 1.29 is 11.0 Å². The smallest absolute Gasteiger partial charge is 0.226 e. The van der Waals surface area contributed by atoms with Crippen LogP contribution in [0.4, 0.5) is 0 Å². The number of fused-ring (bicyclic) bond motifs is 2. The van der Waals surface area contributed by atoms with Crippen molar-refractivity contribution in [2.75, 3.05) is 0 Å². The molecule has 2 aliphatic heterocycles. The number of pyridine rings is 1. The zero-order valence-corrected chi connectivity index (χ0v) is 12.9. The molecule has 1 saturated carbocycles. The minimum absolute atomic E-state index is 0. The number of rotatable bonds is 3. The molecule has 4 rings (SSSR count). The quantitative estimate of drug-likeness (QED) is 0.933. The van der Waals surface area contributed by atoms with Crippen LogP contribution in [-0.2, 0) is 9.53 Å². The van der Waals surface area contributed by atoms with Crippen LogP contribution < -0.4 is 5.32 Å². The molecule has 3 fully saturated rings. The van der Waals surface area contributed by atoms with Gasteiger partial charge in [-0.25, -0.2) is 0 Å². The Morgan fingerprint density at radius 2 is 1.82 bits per heavy atom. The van der Waals surface area contributed by atoms with E-state index in [1.165, 1.54) is 24.8 Å². The second kappa shape index (κ2) is 5.99. The molecule has 1 aromatic heterocycles. The van der Waals surface area contributed by atoms with Crippen LogP contribution in [0.2, 0.25) is 0 Å². The van der Waals surface area contributed by atoms with Crippen molar-refractivity contribution in [1.82, 2.24) is 10.3 Å². The lowest BCUT2D eigenvalue weighted by Crippen LogP contribution is -2.45. The lowest BCUT2D eigenvalue weighted by atomic mass is 9.75. The fourth-order valence-corrected chi connectivity index (χ4v) is 4.56. The van der Waals surface area contributed by atoms with Gasteiger partial charge in [0.2, 0.25) is 5.91 Å². The SMILES string of the molecule is O=C(NC1CCCCC1)[C@H]1[C@H](c2ccncc2)[C@@H]2CC[C@H]1O2.[HH]. The summed E-state index contributed by atoms with van der Waals surface area (Å²) in [6, 6.07) is 4.45. The first kappa shape index (κ1) is 14.2. The van der Waals surface area contributed by atoms with E-state index in [9.17, 15) is 4.79 Å². The van der Waals surface area contributed by atoms with E-state index in [1.807, 2.05) is 24.5 Å². The average Bonchev–Trinajstić information content (AvgIpc) is 3.17. The molecular weight excluding hydrogens is 276 g/mol. The maximum Gasteiger partial charge on any atom is 0.226 e. The van der Waals surface area contributed by atoms with Crippen molar-refractivity contribution in [3.8, 4) is 0 Å². The third kappa shape index (κ3) is 2.54. The van der Waals surface area contributed by atoms with Gasteiger partial charge in [0.05, 0.1) is 18.1 Å². The Bertz CT molecular complexity index is 533. The zero-order valence-electron chi connectivity index (χ0n) is 12.9. The van der Waals surface area contributed by atoms with E-state index < -0.39 is 0 Å². The zero-order chi connectivity index (χ0) is 14.9. The predicted molar refractivity (Wildman–Crippen MR) is 85.5 cm³/mol. The van der Waals surface area contributed by atoms with Crippen LogP contribution in [0.15, 0.2) is 24.5 Å². The van der Waals surface area contributed by atoms with E-state index in [-0.39, 0.29) is 31.4 Å². The van der Waals surface area contributed by atoms with Gasteiger partial charge in [0.25, 0.3) is 0 Å². The van der Waals surface area contributed by atoms with Gasteiger partial charge < -0.3 is 10.1 Å². The minimum atomic E-state index is -0.0249. The van der Waals surface area contributed by atoms with Crippen molar-refractivity contribution in [3.63, 3.8) is 0 Å². The summed E-state index contributed by atoms with van der Waals surface area (Å²) in [5.74, 6) is 0.384. The van der Waals surface area contributed by atoms with Crippen molar-refractivity contribution in [1.29, 1.82) is 0 Å². The maximum absolute atomic E-state index is 12.9. The van der Waals surface area contributed by atoms with E-state index in [0.29, 0.717) is 6.04 Å². The number of nitrogens with zero attached hydrogens (tertiary/aromatic N) is 1. The van der Waals surface area contributed by atoms with Gasteiger partial charge >= 0.3 is 0 Å². The molecule has 0 unspecified atom stereocenters. The van der Waals surface area contributed by atoms with Gasteiger partial charge in [0.15, 0.2) is 0 Å². The van der Waals surface area contributed by atoms with Crippen molar-refractivity contribution >= 4 is 5.91 Å². The molecule has 1 aromatic rings. The minimum Gasteiger partial charge on any atom is -0.373 e. The fraction of sp³-hybridized carbons (Fsp3) is 0.667. The van der Waals surface area contributed by atoms with E-state index in [1.54, 1.807) is 0 Å². The summed E-state index contributed by atoms with van der Waals surface area (Å²) in [5.41, 5.74) is 1.20. The van der Waals surface area contributed by atoms with E-state index in [4.69, 9.17) is 4.74 Å². The molecule has 3 heterocycles. The number of ether oxygens (including phenoxy) is 1. The molecule has 4 atom stereocenters. The Morgan fingerprint density at radius 1 is 1.09 bits per heavy atom. The van der Waals surface area contributed by atoms with E-state index >= 15 is 0 Å². The summed E-state index contributed by atoms with van der Waals surface area (Å²) in [4.78, 5) is 17.0. The maximum atomic E-state index is 12.9. The van der Waals surface area contributed by atoms with Crippen molar-refractivity contribution in [2.24, 2.45) is 5.92 Å². The molecule has 1 N–H and O–H groups in total. The standard InChI is InChI=1S/C18H24N2O2.H2/c21-18(20-13-4-2-1-3-5-13)17-15-7-6-14(22-15)16(17)12-8-10-19-11-9-12;/h8-11,13-17H,1-7H2,(H,20,21);1H/t14-,15+,16+,17+;/m0./s1. The summed E-state index contributed by atoms with van der Waals surface area (Å²) < 4.78 is 6.08. The molecule has 3 aliphatic rings. The van der Waals surface area contributed by atoms with E-state index in [2.05, 4.69) is 10.3 Å². The number of amides is 1. The second-order valence-corrected chi connectivity index (χ2v) is 6.97. The lowest BCUT2D eigenvalue weighted by Gasteiger charge is -2.30. The average molecular weight is 302 g/mol. The molecule has 2 saturated heterocycles. The Hall–Kier alpha value is -1.42. The molecule has 1 aliphatic carbocycles. The molecule has 0 spiro atoms. The van der Waals surface area contributed by atoms with Gasteiger partial charge in [0, 0.05) is 25.8 Å². The molecule has 2 bridgehead atoms. The molecule has 22 heavy (non-hydrogen) atoms. The first-order chi connectivity index (χ1) is 10.8. The van der Waals surface area contributed by atoms with Crippen molar-refractivity contribution in [2.45, 2.75) is 69.1 Å². The fourth-order valence-electron chi connectivity index (χ4n) is 4.56. The highest BCUT2D eigenvalue weighted by Crippen LogP contribution is 2.48. The van der Waals surface area contributed by atoms with Crippen LogP contribution in [0.5, 0.6) is 0 Å². The first-order valence-corrected chi connectivity index (χ1v) is 8.68. The normalized spacial score (nSPS) is 34.7. The van der Waals surface area contributed by atoms with Crippen molar-refractivity contribution in [3.05, 3.63) is 30.1 Å². The van der Waals surface area contributed by atoms with Crippen LogP contribution in [-0.4, -0.2) is 29.1 Å². The highest BCUT2D eigenvalue weighted by Gasteiger charge is 2.52. The molecule has 1 amide bonds. The van der Waals surface area contributed by atoms with Crippen LogP contribution >= 0.6 is 0 Å². The van der Waals surface area contributed by atoms with Gasteiger partial charge in [-0.2, -0.15) is 0 Å². The Kier molecular flexibility index (Phi) is 3.87. The second-order valence-electron chi connectivity index (χ2n) is 6.97. The van der Waals surface area contributed by atoms with Gasteiger partial charge in [-0.05, 0) is 43.4 Å². The van der Waals surface area contributed by atoms with Crippen LogP contribution in [0, 0.1) is 5.92 Å². The van der Waals surface area contributed by atoms with Gasteiger partial charge in [-0.3, -0.25) is 9.78 Å². The van der Waals surface area contributed by atoms with Gasteiger partial charge in [0.1, 0.15) is 0 Å². The lowest BCUT2D eigenvalue weighted by molar-refractivity contribution is -0.127. The topological polar surface area (TPSA) is 51.2 Å². The number of hydrogen-bond acceptors (Lipinski definition) is 3. The molecule has 0 radical (unpaired) electrons. The number of hydrogen-bond donors (Lipinski definition) is 1. The summed E-state index contributed by atoms with van der Waals surface area (Å²) in [6.45, 7) is 0. The molecular formula is C18H26N2O2. The molecule has 4 heteroatoms. The van der Waals surface area contributed by atoms with Crippen LogP contribution in [0.1, 0.15) is 57.9 Å². The Morgan fingerprint density at radius 3 is 2.59 bits per heavy atom. The summed E-state index contributed by atoms with van der Waals surface area (Å²) >= 11 is 0. The molecule has 4 nitrogen and oxygen atoms in total. The number of nitrogens with one attached hydrogen (secondary N) is 1. The third-order valence-corrected chi connectivity index (χ3v) is 5.62. The summed E-state index contributed by atoms with van der Waals surface area (Å²) in [7, 11) is 0. The molecule has 120 valence electrons. The van der Waals surface area contributed by atoms with Gasteiger partial charge in [-0.15, -0.1) is 0 Å². The van der Waals surface area contributed by atoms with E-state index in [0.717, 1.165) is 25.7 Å². The highest BCUT2D eigenvalue weighted by atomic mass is 16.5. The Labute approximate surface area is 133 Å². The van der Waals surface area contributed by atoms with Crippen LogP contribution in [0.3, 0.4) is 0 Å². The third-order valence-electron chi connectivity index (χ3n) is 5.62. The first-order valence-electron chi connectivity index (χ1n) is 8.68. The number of aromatic nitrogens is 1. The van der Waals surface area contributed by atoms with Gasteiger partial charge in [-0.1, -0.05) is 19.3 Å². The predicted octanol–water partition coefficient (Wildman–Crippen LogP) is 3.04. The number of carbonyl (C=O) groups is 1. The summed E-state index contributed by atoms with van der Waals surface area (Å²) in [5, 5.41) is 3.31. The highest BCUT2D eigenvalue weighted by molar-refractivity contribution is 5.81. The summed E-state index contributed by atoms with van der Waals surface area (Å²) in [6.07, 6.45) is 12.1. The van der Waals surface area contributed by atoms with Crippen LogP contribution in [0.25, 0.3) is 0 Å². The molecule has 0 aromatic carbocycles. The Balaban J connectivity index is 0.00000156.